The van der Waals surface area contributed by atoms with Crippen LogP contribution in [0, 0.1) is 11.8 Å². The molecule has 0 aliphatic heterocycles. The van der Waals surface area contributed by atoms with Crippen LogP contribution in [0.1, 0.15) is 23.7 Å². The monoisotopic (exact) mass is 205 g/mol. The second kappa shape index (κ2) is 5.66. The van der Waals surface area contributed by atoms with Gasteiger partial charge in [-0.05, 0) is 13.0 Å². The summed E-state index contributed by atoms with van der Waals surface area (Å²) in [5.41, 5.74) is 0.120. The summed E-state index contributed by atoms with van der Waals surface area (Å²) in [7, 11) is 0. The van der Waals surface area contributed by atoms with E-state index in [1.165, 1.54) is 18.5 Å². The van der Waals surface area contributed by atoms with Crippen molar-refractivity contribution in [3.05, 3.63) is 24.0 Å². The Balaban J connectivity index is 2.66. The van der Waals surface area contributed by atoms with Crippen LogP contribution >= 0.6 is 0 Å². The molecule has 1 aromatic rings. The first-order chi connectivity index (χ1) is 7.25. The summed E-state index contributed by atoms with van der Waals surface area (Å²) < 4.78 is 5.25. The number of nitrogens with zero attached hydrogens (tertiary/aromatic N) is 1. The van der Waals surface area contributed by atoms with Gasteiger partial charge < -0.3 is 9.84 Å². The van der Waals surface area contributed by atoms with Crippen molar-refractivity contribution < 1.29 is 14.6 Å². The zero-order valence-electron chi connectivity index (χ0n) is 8.36. The molecule has 15 heavy (non-hydrogen) atoms. The molecule has 0 bridgehead atoms. The van der Waals surface area contributed by atoms with Crippen molar-refractivity contribution in [1.29, 1.82) is 0 Å². The summed E-state index contributed by atoms with van der Waals surface area (Å²) in [6, 6.07) is 1.41. The highest BCUT2D eigenvalue weighted by Gasteiger charge is 2.09. The molecule has 1 heterocycles. The minimum Gasteiger partial charge on any atom is -0.490 e. The van der Waals surface area contributed by atoms with Crippen LogP contribution in [0.2, 0.25) is 0 Å². The number of carboxylic acids is 1. The zero-order valence-corrected chi connectivity index (χ0v) is 8.36. The third kappa shape index (κ3) is 3.31. The van der Waals surface area contributed by atoms with Crippen LogP contribution in [0.25, 0.3) is 0 Å². The highest BCUT2D eigenvalue weighted by atomic mass is 16.5. The Kier molecular flexibility index (Phi) is 4.17. The Morgan fingerprint density at radius 2 is 2.47 bits per heavy atom. The first kappa shape index (κ1) is 11.1. The lowest BCUT2D eigenvalue weighted by atomic mass is 10.2. The molecule has 0 spiro atoms. The van der Waals surface area contributed by atoms with Crippen LogP contribution in [-0.4, -0.2) is 22.7 Å². The lowest BCUT2D eigenvalue weighted by Crippen LogP contribution is -2.04. The molecule has 78 valence electrons. The fourth-order valence-electron chi connectivity index (χ4n) is 1.01. The summed E-state index contributed by atoms with van der Waals surface area (Å²) >= 11 is 0. The third-order valence-electron chi connectivity index (χ3n) is 1.68. The highest BCUT2D eigenvalue weighted by Crippen LogP contribution is 2.16. The van der Waals surface area contributed by atoms with Crippen molar-refractivity contribution in [2.24, 2.45) is 0 Å². The Labute approximate surface area is 87.9 Å². The minimum atomic E-state index is -1.02. The molecule has 0 aliphatic carbocycles. The van der Waals surface area contributed by atoms with Crippen molar-refractivity contribution in [2.75, 3.05) is 6.61 Å². The molecule has 0 amide bonds. The molecule has 0 atom stereocenters. The van der Waals surface area contributed by atoms with Crippen molar-refractivity contribution >= 4 is 5.97 Å². The molecule has 0 radical (unpaired) electrons. The van der Waals surface area contributed by atoms with E-state index in [2.05, 4.69) is 16.8 Å². The van der Waals surface area contributed by atoms with E-state index >= 15 is 0 Å². The van der Waals surface area contributed by atoms with Gasteiger partial charge in [0.1, 0.15) is 5.56 Å². The van der Waals surface area contributed by atoms with Crippen LogP contribution in [0.5, 0.6) is 5.75 Å². The van der Waals surface area contributed by atoms with Crippen LogP contribution in [0.4, 0.5) is 0 Å². The Hall–Kier alpha value is -2.02. The minimum absolute atomic E-state index is 0.120. The number of pyridine rings is 1. The van der Waals surface area contributed by atoms with Gasteiger partial charge in [-0.1, -0.05) is 0 Å². The largest absolute Gasteiger partial charge is 0.490 e. The average Bonchev–Trinajstić information content (AvgIpc) is 2.25. The summed E-state index contributed by atoms with van der Waals surface area (Å²) in [6.07, 6.45) is 3.38. The van der Waals surface area contributed by atoms with Crippen molar-refractivity contribution in [3.63, 3.8) is 0 Å². The smallest absolute Gasteiger partial charge is 0.339 e. The van der Waals surface area contributed by atoms with E-state index in [1.807, 2.05) is 0 Å². The van der Waals surface area contributed by atoms with Gasteiger partial charge in [0.2, 0.25) is 0 Å². The van der Waals surface area contributed by atoms with E-state index in [4.69, 9.17) is 9.84 Å². The molecular formula is C11H11NO3. The maximum absolute atomic E-state index is 10.8. The fourth-order valence-corrected chi connectivity index (χ4v) is 1.01. The van der Waals surface area contributed by atoms with Crippen LogP contribution < -0.4 is 4.74 Å². The standard InChI is InChI=1S/C11H11NO3/c1-2-3-4-7-15-10-8-12-6-5-9(10)11(13)14/h5-6,8H,4,7H2,1H3,(H,13,14). The number of aromatic carboxylic acids is 1. The van der Waals surface area contributed by atoms with Gasteiger partial charge >= 0.3 is 5.97 Å². The molecule has 0 fully saturated rings. The van der Waals surface area contributed by atoms with Gasteiger partial charge in [0.25, 0.3) is 0 Å². The lowest BCUT2D eigenvalue weighted by molar-refractivity contribution is 0.0692. The average molecular weight is 205 g/mol. The van der Waals surface area contributed by atoms with Gasteiger partial charge in [-0.2, -0.15) is 0 Å². The van der Waals surface area contributed by atoms with Crippen LogP contribution in [-0.2, 0) is 0 Å². The van der Waals surface area contributed by atoms with Crippen molar-refractivity contribution in [3.8, 4) is 17.6 Å². The highest BCUT2D eigenvalue weighted by molar-refractivity contribution is 5.90. The number of hydrogen-bond acceptors (Lipinski definition) is 3. The van der Waals surface area contributed by atoms with Crippen LogP contribution in [0.3, 0.4) is 0 Å². The molecule has 0 saturated carbocycles. The van der Waals surface area contributed by atoms with E-state index < -0.39 is 5.97 Å². The van der Waals surface area contributed by atoms with Gasteiger partial charge in [0, 0.05) is 12.6 Å². The molecule has 4 nitrogen and oxygen atoms in total. The SMILES string of the molecule is CC#CCCOc1cnccc1C(=O)O. The van der Waals surface area contributed by atoms with E-state index in [9.17, 15) is 4.79 Å². The van der Waals surface area contributed by atoms with Gasteiger partial charge in [0.15, 0.2) is 5.75 Å². The maximum atomic E-state index is 10.8. The van der Waals surface area contributed by atoms with Gasteiger partial charge in [-0.25, -0.2) is 4.79 Å². The quantitative estimate of drug-likeness (QED) is 0.598. The summed E-state index contributed by atoms with van der Waals surface area (Å²) in [4.78, 5) is 14.6. The van der Waals surface area contributed by atoms with E-state index in [0.717, 1.165) is 0 Å². The van der Waals surface area contributed by atoms with Crippen molar-refractivity contribution in [1.82, 2.24) is 4.98 Å². The molecule has 0 aliphatic rings. The van der Waals surface area contributed by atoms with E-state index in [1.54, 1.807) is 6.92 Å². The molecule has 1 N–H and O–H groups in total. The number of carboxylic acid groups (broad SMARTS) is 1. The number of ether oxygens (including phenoxy) is 1. The predicted molar refractivity (Wildman–Crippen MR) is 54.8 cm³/mol. The third-order valence-corrected chi connectivity index (χ3v) is 1.68. The Morgan fingerprint density at radius 3 is 3.13 bits per heavy atom. The lowest BCUT2D eigenvalue weighted by Gasteiger charge is -2.05. The number of rotatable bonds is 4. The molecule has 4 heteroatoms. The van der Waals surface area contributed by atoms with Gasteiger partial charge in [-0.3, -0.25) is 4.98 Å². The van der Waals surface area contributed by atoms with Gasteiger partial charge in [0.05, 0.1) is 12.8 Å². The molecular weight excluding hydrogens is 194 g/mol. The van der Waals surface area contributed by atoms with E-state index in [-0.39, 0.29) is 11.3 Å². The predicted octanol–water partition coefficient (Wildman–Crippen LogP) is 1.57. The molecule has 0 unspecified atom stereocenters. The second-order valence-corrected chi connectivity index (χ2v) is 2.70. The van der Waals surface area contributed by atoms with Crippen molar-refractivity contribution in [2.45, 2.75) is 13.3 Å². The Bertz CT molecular complexity index is 404. The molecule has 1 rings (SSSR count). The maximum Gasteiger partial charge on any atom is 0.339 e. The first-order valence-electron chi connectivity index (χ1n) is 4.45. The first-order valence-corrected chi connectivity index (χ1v) is 4.45. The Morgan fingerprint density at radius 1 is 1.67 bits per heavy atom. The van der Waals surface area contributed by atoms with E-state index in [0.29, 0.717) is 13.0 Å². The zero-order chi connectivity index (χ0) is 11.1. The summed E-state index contributed by atoms with van der Waals surface area (Å²) in [6.45, 7) is 2.11. The fraction of sp³-hybridized carbons (Fsp3) is 0.273. The number of aromatic nitrogens is 1. The molecule has 0 aromatic carbocycles. The van der Waals surface area contributed by atoms with Crippen LogP contribution in [0.15, 0.2) is 18.5 Å². The number of hydrogen-bond donors (Lipinski definition) is 1. The van der Waals surface area contributed by atoms with Gasteiger partial charge in [-0.15, -0.1) is 11.8 Å². The molecule has 1 aromatic heterocycles. The summed E-state index contributed by atoms with van der Waals surface area (Å²) in [5.74, 6) is 4.81. The number of carbonyl (C=O) groups is 1. The molecule has 0 saturated heterocycles. The second-order valence-electron chi connectivity index (χ2n) is 2.70. The topological polar surface area (TPSA) is 59.4 Å². The normalized spacial score (nSPS) is 8.87. The summed E-state index contributed by atoms with van der Waals surface area (Å²) in [5, 5.41) is 8.83.